The van der Waals surface area contributed by atoms with Crippen LogP contribution in [0.1, 0.15) is 5.56 Å². The van der Waals surface area contributed by atoms with Crippen molar-refractivity contribution in [3.63, 3.8) is 0 Å². The third-order valence-corrected chi connectivity index (χ3v) is 2.35. The maximum absolute atomic E-state index is 13.1. The predicted molar refractivity (Wildman–Crippen MR) is 63.3 cm³/mol. The molecule has 1 aromatic heterocycles. The zero-order valence-corrected chi connectivity index (χ0v) is 9.62. The van der Waals surface area contributed by atoms with Crippen LogP contribution in [0.5, 0.6) is 11.6 Å². The molecule has 7 heteroatoms. The number of nitro benzene ring substituents is 1. The van der Waals surface area contributed by atoms with Gasteiger partial charge in [-0.1, -0.05) is 0 Å². The zero-order chi connectivity index (χ0) is 13.8. The maximum atomic E-state index is 13.1. The molecule has 0 bridgehead atoms. The van der Waals surface area contributed by atoms with Gasteiger partial charge in [0.2, 0.25) is 11.6 Å². The Morgan fingerprint density at radius 2 is 2.21 bits per heavy atom. The van der Waals surface area contributed by atoms with E-state index in [1.165, 1.54) is 6.20 Å². The standard InChI is InChI=1S/C12H9FN2O4/c13-9-3-4-10(15(17)18)11(6-9)19-12-8(7-16)2-1-5-14-12/h1-6,16H,7H2. The molecule has 0 saturated carbocycles. The smallest absolute Gasteiger partial charge is 0.311 e. The molecule has 2 aromatic rings. The molecule has 6 nitrogen and oxygen atoms in total. The summed E-state index contributed by atoms with van der Waals surface area (Å²) in [6, 6.07) is 6.00. The Labute approximate surface area is 107 Å². The second-order valence-electron chi connectivity index (χ2n) is 3.60. The highest BCUT2D eigenvalue weighted by Gasteiger charge is 2.18. The molecule has 0 saturated heterocycles. The van der Waals surface area contributed by atoms with Crippen molar-refractivity contribution in [2.45, 2.75) is 6.61 Å². The largest absolute Gasteiger partial charge is 0.431 e. The average molecular weight is 264 g/mol. The van der Waals surface area contributed by atoms with Gasteiger partial charge in [-0.05, 0) is 18.2 Å². The average Bonchev–Trinajstić information content (AvgIpc) is 2.39. The minimum atomic E-state index is -0.684. The summed E-state index contributed by atoms with van der Waals surface area (Å²) >= 11 is 0. The number of hydrogen-bond acceptors (Lipinski definition) is 5. The van der Waals surface area contributed by atoms with Crippen LogP contribution >= 0.6 is 0 Å². The highest BCUT2D eigenvalue weighted by Crippen LogP contribution is 2.32. The molecule has 0 atom stereocenters. The van der Waals surface area contributed by atoms with Crippen LogP contribution in [-0.2, 0) is 6.61 Å². The van der Waals surface area contributed by atoms with Crippen molar-refractivity contribution in [3.05, 3.63) is 58.0 Å². The number of aliphatic hydroxyl groups excluding tert-OH is 1. The molecule has 19 heavy (non-hydrogen) atoms. The summed E-state index contributed by atoms with van der Waals surface area (Å²) in [6.07, 6.45) is 1.40. The molecule has 0 amide bonds. The maximum Gasteiger partial charge on any atom is 0.311 e. The number of halogens is 1. The minimum absolute atomic E-state index is 0.00120. The van der Waals surface area contributed by atoms with Crippen molar-refractivity contribution in [1.29, 1.82) is 0 Å². The minimum Gasteiger partial charge on any atom is -0.431 e. The fraction of sp³-hybridized carbons (Fsp3) is 0.0833. The number of nitrogens with zero attached hydrogens (tertiary/aromatic N) is 2. The molecule has 1 heterocycles. The first-order valence-electron chi connectivity index (χ1n) is 5.28. The normalized spacial score (nSPS) is 10.2. The summed E-state index contributed by atoms with van der Waals surface area (Å²) in [5.41, 5.74) is -0.0306. The molecule has 0 aliphatic heterocycles. The van der Waals surface area contributed by atoms with Crippen molar-refractivity contribution in [2.75, 3.05) is 0 Å². The predicted octanol–water partition coefficient (Wildman–Crippen LogP) is 2.41. The molecule has 98 valence electrons. The van der Waals surface area contributed by atoms with Gasteiger partial charge in [0.1, 0.15) is 5.82 Å². The molecular formula is C12H9FN2O4. The number of nitro groups is 1. The molecule has 0 spiro atoms. The van der Waals surface area contributed by atoms with E-state index in [4.69, 9.17) is 9.84 Å². The fourth-order valence-electron chi connectivity index (χ4n) is 1.46. The van der Waals surface area contributed by atoms with Crippen LogP contribution in [0.2, 0.25) is 0 Å². The summed E-state index contributed by atoms with van der Waals surface area (Å²) in [4.78, 5) is 14.0. The molecule has 2 rings (SSSR count). The van der Waals surface area contributed by atoms with Crippen molar-refractivity contribution >= 4 is 5.69 Å². The van der Waals surface area contributed by atoms with Crippen molar-refractivity contribution in [2.24, 2.45) is 0 Å². The van der Waals surface area contributed by atoms with Crippen LogP contribution in [0, 0.1) is 15.9 Å². The Bertz CT molecular complexity index is 618. The number of aromatic nitrogens is 1. The molecule has 0 radical (unpaired) electrons. The Morgan fingerprint density at radius 3 is 2.89 bits per heavy atom. The summed E-state index contributed by atoms with van der Waals surface area (Å²) < 4.78 is 18.3. The van der Waals surface area contributed by atoms with E-state index in [-0.39, 0.29) is 23.9 Å². The van der Waals surface area contributed by atoms with Crippen molar-refractivity contribution < 1.29 is 19.2 Å². The lowest BCUT2D eigenvalue weighted by Gasteiger charge is -2.08. The molecule has 1 aromatic carbocycles. The molecule has 0 unspecified atom stereocenters. The van der Waals surface area contributed by atoms with Crippen LogP contribution in [0.15, 0.2) is 36.5 Å². The number of rotatable bonds is 4. The number of pyridine rings is 1. The third-order valence-electron chi connectivity index (χ3n) is 2.35. The number of hydrogen-bond donors (Lipinski definition) is 1. The van der Waals surface area contributed by atoms with Gasteiger partial charge in [0.05, 0.1) is 11.5 Å². The van der Waals surface area contributed by atoms with Gasteiger partial charge >= 0.3 is 5.69 Å². The first-order chi connectivity index (χ1) is 9.11. The first-order valence-corrected chi connectivity index (χ1v) is 5.28. The van der Waals surface area contributed by atoms with Crippen LogP contribution < -0.4 is 4.74 Å². The van der Waals surface area contributed by atoms with Crippen LogP contribution in [0.4, 0.5) is 10.1 Å². The van der Waals surface area contributed by atoms with Crippen molar-refractivity contribution in [3.8, 4) is 11.6 Å². The highest BCUT2D eigenvalue weighted by molar-refractivity contribution is 5.48. The summed E-state index contributed by atoms with van der Waals surface area (Å²) in [6.45, 7) is -0.341. The first kappa shape index (κ1) is 12.9. The topological polar surface area (TPSA) is 85.5 Å². The zero-order valence-electron chi connectivity index (χ0n) is 9.62. The van der Waals surface area contributed by atoms with Crippen LogP contribution in [-0.4, -0.2) is 15.0 Å². The van der Waals surface area contributed by atoms with Gasteiger partial charge in [0, 0.05) is 23.9 Å². The second kappa shape index (κ2) is 5.40. The van der Waals surface area contributed by atoms with Gasteiger partial charge in [0.25, 0.3) is 0 Å². The van der Waals surface area contributed by atoms with E-state index < -0.39 is 10.7 Å². The Morgan fingerprint density at radius 1 is 1.42 bits per heavy atom. The van der Waals surface area contributed by atoms with Gasteiger partial charge in [-0.15, -0.1) is 0 Å². The molecule has 0 aliphatic rings. The number of ether oxygens (including phenoxy) is 1. The second-order valence-corrected chi connectivity index (χ2v) is 3.60. The van der Waals surface area contributed by atoms with Gasteiger partial charge in [-0.2, -0.15) is 0 Å². The quantitative estimate of drug-likeness (QED) is 0.677. The summed E-state index contributed by atoms with van der Waals surface area (Å²) in [5, 5.41) is 19.9. The monoisotopic (exact) mass is 264 g/mol. The fourth-order valence-corrected chi connectivity index (χ4v) is 1.46. The van der Waals surface area contributed by atoms with E-state index in [9.17, 15) is 14.5 Å². The number of benzene rings is 1. The SMILES string of the molecule is O=[N+]([O-])c1ccc(F)cc1Oc1ncccc1CO. The molecule has 1 N–H and O–H groups in total. The lowest BCUT2D eigenvalue weighted by atomic mass is 10.2. The van der Waals surface area contributed by atoms with Crippen LogP contribution in [0.3, 0.4) is 0 Å². The highest BCUT2D eigenvalue weighted by atomic mass is 19.1. The Balaban J connectivity index is 2.42. The van der Waals surface area contributed by atoms with Gasteiger partial charge in [-0.3, -0.25) is 10.1 Å². The third kappa shape index (κ3) is 2.83. The van der Waals surface area contributed by atoms with E-state index in [0.29, 0.717) is 5.56 Å². The van der Waals surface area contributed by atoms with E-state index in [1.54, 1.807) is 12.1 Å². The van der Waals surface area contributed by atoms with Gasteiger partial charge < -0.3 is 9.84 Å². The molecule has 0 fully saturated rings. The molecular weight excluding hydrogens is 255 g/mol. The Kier molecular flexibility index (Phi) is 3.67. The lowest BCUT2D eigenvalue weighted by molar-refractivity contribution is -0.385. The van der Waals surface area contributed by atoms with E-state index in [2.05, 4.69) is 4.98 Å². The lowest BCUT2D eigenvalue weighted by Crippen LogP contribution is -1.98. The van der Waals surface area contributed by atoms with Gasteiger partial charge in [0.15, 0.2) is 0 Å². The van der Waals surface area contributed by atoms with E-state index in [1.807, 2.05) is 0 Å². The van der Waals surface area contributed by atoms with E-state index in [0.717, 1.165) is 18.2 Å². The Hall–Kier alpha value is -2.54. The number of aliphatic hydroxyl groups is 1. The van der Waals surface area contributed by atoms with Crippen molar-refractivity contribution in [1.82, 2.24) is 4.98 Å². The molecule has 0 aliphatic carbocycles. The van der Waals surface area contributed by atoms with E-state index >= 15 is 0 Å². The van der Waals surface area contributed by atoms with Gasteiger partial charge in [-0.25, -0.2) is 9.37 Å². The summed E-state index contributed by atoms with van der Waals surface area (Å²) in [7, 11) is 0. The summed E-state index contributed by atoms with van der Waals surface area (Å²) in [5.74, 6) is -0.931. The van der Waals surface area contributed by atoms with Crippen LogP contribution in [0.25, 0.3) is 0 Å².